The van der Waals surface area contributed by atoms with Gasteiger partial charge in [0.15, 0.2) is 0 Å². The van der Waals surface area contributed by atoms with Gasteiger partial charge in [-0.05, 0) is 13.8 Å². The zero-order valence-corrected chi connectivity index (χ0v) is 10.3. The molecule has 0 aliphatic carbocycles. The minimum Gasteiger partial charge on any atom is -0.392 e. The summed E-state index contributed by atoms with van der Waals surface area (Å²) in [5.41, 5.74) is 0.273. The van der Waals surface area contributed by atoms with E-state index in [1.165, 1.54) is 17.3 Å². The van der Waals surface area contributed by atoms with E-state index in [-0.39, 0.29) is 18.1 Å². The van der Waals surface area contributed by atoms with Crippen LogP contribution >= 0.6 is 0 Å². The minimum atomic E-state index is -0.557. The van der Waals surface area contributed by atoms with E-state index in [1.54, 1.807) is 14.0 Å². The van der Waals surface area contributed by atoms with E-state index in [0.29, 0.717) is 5.82 Å². The van der Waals surface area contributed by atoms with E-state index in [2.05, 4.69) is 15.3 Å². The summed E-state index contributed by atoms with van der Waals surface area (Å²) >= 11 is 0. The standard InChI is InChI=1S/C11H18N4O2/c1-4-12-10-6-13-9(5-14-10)11(17)15(3)7-8(2)16/h5-6,8,16H,4,7H2,1-3H3,(H,12,14). The van der Waals surface area contributed by atoms with Crippen LogP contribution in [0.2, 0.25) is 0 Å². The summed E-state index contributed by atoms with van der Waals surface area (Å²) in [4.78, 5) is 21.4. The lowest BCUT2D eigenvalue weighted by Gasteiger charge is -2.18. The molecule has 0 fully saturated rings. The third-order valence-corrected chi connectivity index (χ3v) is 2.11. The smallest absolute Gasteiger partial charge is 0.273 e. The Morgan fingerprint density at radius 2 is 2.24 bits per heavy atom. The summed E-state index contributed by atoms with van der Waals surface area (Å²) in [5.74, 6) is 0.392. The van der Waals surface area contributed by atoms with Crippen molar-refractivity contribution in [3.05, 3.63) is 18.1 Å². The number of rotatable bonds is 5. The molecule has 0 aliphatic heterocycles. The van der Waals surface area contributed by atoms with Gasteiger partial charge in [0.2, 0.25) is 0 Å². The van der Waals surface area contributed by atoms with Crippen LogP contribution in [0.15, 0.2) is 12.4 Å². The van der Waals surface area contributed by atoms with Crippen LogP contribution in [0.1, 0.15) is 24.3 Å². The number of anilines is 1. The Morgan fingerprint density at radius 1 is 1.53 bits per heavy atom. The lowest BCUT2D eigenvalue weighted by atomic mass is 10.3. The molecule has 1 aromatic rings. The Labute approximate surface area is 101 Å². The van der Waals surface area contributed by atoms with Crippen LogP contribution in [0, 0.1) is 0 Å². The second-order valence-electron chi connectivity index (χ2n) is 3.85. The van der Waals surface area contributed by atoms with Crippen molar-refractivity contribution in [1.82, 2.24) is 14.9 Å². The molecule has 1 atom stereocenters. The predicted octanol–water partition coefficient (Wildman–Crippen LogP) is 0.361. The number of nitrogens with one attached hydrogen (secondary N) is 1. The Morgan fingerprint density at radius 3 is 2.71 bits per heavy atom. The van der Waals surface area contributed by atoms with Gasteiger partial charge in [-0.1, -0.05) is 0 Å². The molecule has 0 saturated heterocycles. The Balaban J connectivity index is 2.69. The number of aromatic nitrogens is 2. The molecular weight excluding hydrogens is 220 g/mol. The van der Waals surface area contributed by atoms with Crippen molar-refractivity contribution in [2.24, 2.45) is 0 Å². The predicted molar refractivity (Wildman–Crippen MR) is 64.8 cm³/mol. The topological polar surface area (TPSA) is 78.4 Å². The normalized spacial score (nSPS) is 12.0. The highest BCUT2D eigenvalue weighted by molar-refractivity contribution is 5.91. The maximum atomic E-state index is 11.8. The fraction of sp³-hybridized carbons (Fsp3) is 0.545. The molecule has 0 bridgehead atoms. The Bertz CT molecular complexity index is 364. The number of carbonyl (C=O) groups excluding carboxylic acids is 1. The monoisotopic (exact) mass is 238 g/mol. The molecule has 0 aromatic carbocycles. The van der Waals surface area contributed by atoms with Gasteiger partial charge in [0, 0.05) is 20.1 Å². The summed E-state index contributed by atoms with van der Waals surface area (Å²) in [5, 5.41) is 12.2. The molecule has 1 aromatic heterocycles. The van der Waals surface area contributed by atoms with Crippen LogP contribution in [0.4, 0.5) is 5.82 Å². The third kappa shape index (κ3) is 3.99. The molecule has 6 nitrogen and oxygen atoms in total. The van der Waals surface area contributed by atoms with E-state index < -0.39 is 6.10 Å². The molecule has 6 heteroatoms. The number of likely N-dealkylation sites (N-methyl/N-ethyl adjacent to an activating group) is 1. The molecule has 0 radical (unpaired) electrons. The molecular formula is C11H18N4O2. The van der Waals surface area contributed by atoms with Crippen LogP contribution in [0.3, 0.4) is 0 Å². The zero-order chi connectivity index (χ0) is 12.8. The Hall–Kier alpha value is -1.69. The van der Waals surface area contributed by atoms with Gasteiger partial charge in [-0.3, -0.25) is 4.79 Å². The van der Waals surface area contributed by atoms with Crippen molar-refractivity contribution in [1.29, 1.82) is 0 Å². The van der Waals surface area contributed by atoms with Crippen molar-refractivity contribution in [3.63, 3.8) is 0 Å². The number of nitrogens with zero attached hydrogens (tertiary/aromatic N) is 3. The van der Waals surface area contributed by atoms with Crippen molar-refractivity contribution < 1.29 is 9.90 Å². The maximum Gasteiger partial charge on any atom is 0.273 e. The lowest BCUT2D eigenvalue weighted by molar-refractivity contribution is 0.0697. The van der Waals surface area contributed by atoms with Crippen molar-refractivity contribution in [2.45, 2.75) is 20.0 Å². The van der Waals surface area contributed by atoms with E-state index in [0.717, 1.165) is 6.54 Å². The average Bonchev–Trinajstić information content (AvgIpc) is 2.28. The highest BCUT2D eigenvalue weighted by Gasteiger charge is 2.14. The molecule has 0 aliphatic rings. The summed E-state index contributed by atoms with van der Waals surface area (Å²) in [6, 6.07) is 0. The third-order valence-electron chi connectivity index (χ3n) is 2.11. The SMILES string of the molecule is CCNc1cnc(C(=O)N(C)CC(C)O)cn1. The van der Waals surface area contributed by atoms with Crippen LogP contribution < -0.4 is 5.32 Å². The fourth-order valence-corrected chi connectivity index (χ4v) is 1.39. The van der Waals surface area contributed by atoms with Crippen LogP contribution in [-0.4, -0.2) is 52.1 Å². The molecule has 1 rings (SSSR count). The van der Waals surface area contributed by atoms with Crippen LogP contribution in [0.25, 0.3) is 0 Å². The molecule has 1 unspecified atom stereocenters. The zero-order valence-electron chi connectivity index (χ0n) is 10.3. The van der Waals surface area contributed by atoms with Gasteiger partial charge < -0.3 is 15.3 Å². The fourth-order valence-electron chi connectivity index (χ4n) is 1.39. The van der Waals surface area contributed by atoms with Gasteiger partial charge in [-0.2, -0.15) is 0 Å². The van der Waals surface area contributed by atoms with Gasteiger partial charge >= 0.3 is 0 Å². The number of hydrogen-bond acceptors (Lipinski definition) is 5. The summed E-state index contributed by atoms with van der Waals surface area (Å²) in [7, 11) is 1.62. The van der Waals surface area contributed by atoms with Gasteiger partial charge in [-0.25, -0.2) is 9.97 Å². The van der Waals surface area contributed by atoms with E-state index in [4.69, 9.17) is 0 Å². The lowest BCUT2D eigenvalue weighted by Crippen LogP contribution is -2.33. The van der Waals surface area contributed by atoms with Gasteiger partial charge in [0.25, 0.3) is 5.91 Å². The summed E-state index contributed by atoms with van der Waals surface area (Å²) in [6.07, 6.45) is 2.39. The number of hydrogen-bond donors (Lipinski definition) is 2. The van der Waals surface area contributed by atoms with Crippen molar-refractivity contribution in [3.8, 4) is 0 Å². The van der Waals surface area contributed by atoms with E-state index in [1.807, 2.05) is 6.92 Å². The Kier molecular flexibility index (Phi) is 4.84. The van der Waals surface area contributed by atoms with Crippen LogP contribution in [-0.2, 0) is 0 Å². The molecule has 0 saturated carbocycles. The van der Waals surface area contributed by atoms with Gasteiger partial charge in [-0.15, -0.1) is 0 Å². The van der Waals surface area contributed by atoms with Gasteiger partial charge in [0.05, 0.1) is 18.5 Å². The summed E-state index contributed by atoms with van der Waals surface area (Å²) in [6.45, 7) is 4.61. The quantitative estimate of drug-likeness (QED) is 0.774. The second-order valence-corrected chi connectivity index (χ2v) is 3.85. The highest BCUT2D eigenvalue weighted by atomic mass is 16.3. The molecule has 1 heterocycles. The van der Waals surface area contributed by atoms with Crippen LogP contribution in [0.5, 0.6) is 0 Å². The number of aliphatic hydroxyl groups is 1. The minimum absolute atomic E-state index is 0.249. The number of amides is 1. The number of carbonyl (C=O) groups is 1. The molecule has 17 heavy (non-hydrogen) atoms. The van der Waals surface area contributed by atoms with Gasteiger partial charge in [0.1, 0.15) is 11.5 Å². The second kappa shape index (κ2) is 6.15. The average molecular weight is 238 g/mol. The summed E-state index contributed by atoms with van der Waals surface area (Å²) < 4.78 is 0. The molecule has 2 N–H and O–H groups in total. The largest absolute Gasteiger partial charge is 0.392 e. The first-order chi connectivity index (χ1) is 8.04. The number of aliphatic hydroxyl groups excluding tert-OH is 1. The van der Waals surface area contributed by atoms with Crippen molar-refractivity contribution in [2.75, 3.05) is 25.5 Å². The molecule has 94 valence electrons. The highest BCUT2D eigenvalue weighted by Crippen LogP contribution is 2.03. The van der Waals surface area contributed by atoms with Crippen molar-refractivity contribution >= 4 is 11.7 Å². The first kappa shape index (κ1) is 13.4. The molecule has 0 spiro atoms. The molecule has 1 amide bonds. The first-order valence-corrected chi connectivity index (χ1v) is 5.54. The first-order valence-electron chi connectivity index (χ1n) is 5.54. The van der Waals surface area contributed by atoms with E-state index >= 15 is 0 Å². The van der Waals surface area contributed by atoms with E-state index in [9.17, 15) is 9.90 Å². The maximum absolute atomic E-state index is 11.8.